The Hall–Kier alpha value is -1.22. The average Bonchev–Trinajstić information content (AvgIpc) is 2.34. The van der Waals surface area contributed by atoms with Crippen molar-refractivity contribution in [3.63, 3.8) is 0 Å². The SMILES string of the molecule is Cc1ccc(OCCN(C)C(=O)CCCl)cc1C. The molecule has 0 aliphatic heterocycles. The lowest BCUT2D eigenvalue weighted by Gasteiger charge is -2.17. The van der Waals surface area contributed by atoms with E-state index in [0.717, 1.165) is 5.75 Å². The number of carbonyl (C=O) groups excluding carboxylic acids is 1. The molecule has 1 amide bonds. The van der Waals surface area contributed by atoms with Crippen LogP contribution in [0.2, 0.25) is 0 Å². The van der Waals surface area contributed by atoms with Gasteiger partial charge in [0.05, 0.1) is 6.54 Å². The van der Waals surface area contributed by atoms with Crippen LogP contribution in [0.3, 0.4) is 0 Å². The van der Waals surface area contributed by atoms with Gasteiger partial charge in [-0.3, -0.25) is 4.79 Å². The lowest BCUT2D eigenvalue weighted by Crippen LogP contribution is -2.30. The first-order valence-corrected chi connectivity index (χ1v) is 6.58. The first-order chi connectivity index (χ1) is 8.54. The number of likely N-dealkylation sites (N-methyl/N-ethyl adjacent to an activating group) is 1. The van der Waals surface area contributed by atoms with Gasteiger partial charge in [-0.05, 0) is 37.1 Å². The zero-order chi connectivity index (χ0) is 13.5. The molecule has 4 heteroatoms. The summed E-state index contributed by atoms with van der Waals surface area (Å²) in [6, 6.07) is 5.99. The molecule has 0 fully saturated rings. The summed E-state index contributed by atoms with van der Waals surface area (Å²) in [6.45, 7) is 5.19. The van der Waals surface area contributed by atoms with Gasteiger partial charge in [-0.15, -0.1) is 11.6 Å². The molecule has 100 valence electrons. The molecule has 1 aromatic rings. The highest BCUT2D eigenvalue weighted by Crippen LogP contribution is 2.16. The number of aryl methyl sites for hydroxylation is 2. The van der Waals surface area contributed by atoms with Crippen LogP contribution in [0, 0.1) is 13.8 Å². The maximum absolute atomic E-state index is 11.5. The van der Waals surface area contributed by atoms with Gasteiger partial charge in [-0.25, -0.2) is 0 Å². The van der Waals surface area contributed by atoms with E-state index < -0.39 is 0 Å². The van der Waals surface area contributed by atoms with Gasteiger partial charge < -0.3 is 9.64 Å². The first-order valence-electron chi connectivity index (χ1n) is 6.04. The van der Waals surface area contributed by atoms with Crippen molar-refractivity contribution < 1.29 is 9.53 Å². The van der Waals surface area contributed by atoms with E-state index in [1.165, 1.54) is 11.1 Å². The molecule has 0 spiro atoms. The van der Waals surface area contributed by atoms with Crippen LogP contribution < -0.4 is 4.74 Å². The maximum Gasteiger partial charge on any atom is 0.223 e. The Balaban J connectivity index is 2.37. The second-order valence-corrected chi connectivity index (χ2v) is 4.73. The minimum atomic E-state index is 0.0497. The second-order valence-electron chi connectivity index (χ2n) is 4.35. The van der Waals surface area contributed by atoms with Crippen molar-refractivity contribution in [3.05, 3.63) is 29.3 Å². The molecule has 1 rings (SSSR count). The van der Waals surface area contributed by atoms with E-state index in [1.807, 2.05) is 18.2 Å². The van der Waals surface area contributed by atoms with Gasteiger partial charge in [0.1, 0.15) is 12.4 Å². The quantitative estimate of drug-likeness (QED) is 0.743. The van der Waals surface area contributed by atoms with Crippen LogP contribution in [0.25, 0.3) is 0 Å². The molecule has 0 radical (unpaired) electrons. The highest BCUT2D eigenvalue weighted by molar-refractivity contribution is 6.18. The van der Waals surface area contributed by atoms with E-state index in [4.69, 9.17) is 16.3 Å². The summed E-state index contributed by atoms with van der Waals surface area (Å²) < 4.78 is 5.61. The lowest BCUT2D eigenvalue weighted by molar-refractivity contribution is -0.129. The Kier molecular flexibility index (Phi) is 5.99. The normalized spacial score (nSPS) is 10.2. The topological polar surface area (TPSA) is 29.5 Å². The van der Waals surface area contributed by atoms with Crippen LogP contribution in [0.15, 0.2) is 18.2 Å². The average molecular weight is 270 g/mol. The number of halogens is 1. The van der Waals surface area contributed by atoms with Gasteiger partial charge in [0.15, 0.2) is 0 Å². The predicted octanol–water partition coefficient (Wildman–Crippen LogP) is 2.77. The Morgan fingerprint density at radius 1 is 1.33 bits per heavy atom. The third-order valence-electron chi connectivity index (χ3n) is 2.91. The van der Waals surface area contributed by atoms with Crippen LogP contribution >= 0.6 is 11.6 Å². The number of hydrogen-bond donors (Lipinski definition) is 0. The number of nitrogens with zero attached hydrogens (tertiary/aromatic N) is 1. The van der Waals surface area contributed by atoms with Crippen molar-refractivity contribution >= 4 is 17.5 Å². The maximum atomic E-state index is 11.5. The van der Waals surface area contributed by atoms with Gasteiger partial charge in [-0.2, -0.15) is 0 Å². The molecule has 0 aromatic heterocycles. The largest absolute Gasteiger partial charge is 0.492 e. The lowest BCUT2D eigenvalue weighted by atomic mass is 10.1. The Labute approximate surface area is 114 Å². The molecule has 3 nitrogen and oxygen atoms in total. The molecule has 0 aliphatic carbocycles. The van der Waals surface area contributed by atoms with Gasteiger partial charge >= 0.3 is 0 Å². The highest BCUT2D eigenvalue weighted by Gasteiger charge is 2.07. The van der Waals surface area contributed by atoms with E-state index in [2.05, 4.69) is 13.8 Å². The summed E-state index contributed by atoms with van der Waals surface area (Å²) in [5.41, 5.74) is 2.45. The molecule has 18 heavy (non-hydrogen) atoms. The fourth-order valence-electron chi connectivity index (χ4n) is 1.50. The molecule has 0 atom stereocenters. The molecule has 1 aromatic carbocycles. The van der Waals surface area contributed by atoms with Crippen LogP contribution in [0.1, 0.15) is 17.5 Å². The molecule has 0 saturated carbocycles. The van der Waals surface area contributed by atoms with Crippen LogP contribution in [-0.4, -0.2) is 36.9 Å². The molecule has 0 heterocycles. The number of hydrogen-bond acceptors (Lipinski definition) is 2. The third-order valence-corrected chi connectivity index (χ3v) is 3.10. The minimum absolute atomic E-state index is 0.0497. The van der Waals surface area contributed by atoms with Gasteiger partial charge in [0.2, 0.25) is 5.91 Å². The summed E-state index contributed by atoms with van der Waals surface area (Å²) in [4.78, 5) is 13.1. The number of ether oxygens (including phenoxy) is 1. The van der Waals surface area contributed by atoms with Crippen LogP contribution in [0.5, 0.6) is 5.75 Å². The van der Waals surface area contributed by atoms with Gasteiger partial charge in [-0.1, -0.05) is 6.07 Å². The van der Waals surface area contributed by atoms with Crippen LogP contribution in [0.4, 0.5) is 0 Å². The van der Waals surface area contributed by atoms with Crippen molar-refractivity contribution in [2.75, 3.05) is 26.1 Å². The Bertz CT molecular complexity index is 407. The van der Waals surface area contributed by atoms with Gasteiger partial charge in [0.25, 0.3) is 0 Å². The molecule has 0 unspecified atom stereocenters. The van der Waals surface area contributed by atoms with Crippen LogP contribution in [-0.2, 0) is 4.79 Å². The highest BCUT2D eigenvalue weighted by atomic mass is 35.5. The number of alkyl halides is 1. The number of rotatable bonds is 6. The zero-order valence-electron chi connectivity index (χ0n) is 11.2. The molecular weight excluding hydrogens is 250 g/mol. The molecule has 0 aliphatic rings. The van der Waals surface area contributed by atoms with Crippen molar-refractivity contribution in [1.82, 2.24) is 4.90 Å². The minimum Gasteiger partial charge on any atom is -0.492 e. The zero-order valence-corrected chi connectivity index (χ0v) is 12.0. The second kappa shape index (κ2) is 7.27. The number of amides is 1. The fraction of sp³-hybridized carbons (Fsp3) is 0.500. The smallest absolute Gasteiger partial charge is 0.223 e. The van der Waals surface area contributed by atoms with Crippen molar-refractivity contribution in [2.45, 2.75) is 20.3 Å². The van der Waals surface area contributed by atoms with E-state index in [1.54, 1.807) is 11.9 Å². The van der Waals surface area contributed by atoms with Crippen molar-refractivity contribution in [3.8, 4) is 5.75 Å². The predicted molar refractivity (Wildman–Crippen MR) is 74.4 cm³/mol. The fourth-order valence-corrected chi connectivity index (χ4v) is 1.66. The number of carbonyl (C=O) groups is 1. The summed E-state index contributed by atoms with van der Waals surface area (Å²) in [5.74, 6) is 1.26. The van der Waals surface area contributed by atoms with E-state index >= 15 is 0 Å². The monoisotopic (exact) mass is 269 g/mol. The molecular formula is C14H20ClNO2. The van der Waals surface area contributed by atoms with Crippen molar-refractivity contribution in [2.24, 2.45) is 0 Å². The van der Waals surface area contributed by atoms with E-state index in [0.29, 0.717) is 25.5 Å². The summed E-state index contributed by atoms with van der Waals surface area (Å²) in [7, 11) is 1.76. The summed E-state index contributed by atoms with van der Waals surface area (Å²) in [6.07, 6.45) is 0.377. The molecule has 0 saturated heterocycles. The van der Waals surface area contributed by atoms with E-state index in [9.17, 15) is 4.79 Å². The van der Waals surface area contributed by atoms with Gasteiger partial charge in [0, 0.05) is 19.3 Å². The van der Waals surface area contributed by atoms with E-state index in [-0.39, 0.29) is 5.91 Å². The Morgan fingerprint density at radius 3 is 2.67 bits per heavy atom. The third kappa shape index (κ3) is 4.57. The number of benzene rings is 1. The van der Waals surface area contributed by atoms with Crippen molar-refractivity contribution in [1.29, 1.82) is 0 Å². The summed E-state index contributed by atoms with van der Waals surface area (Å²) in [5, 5.41) is 0. The summed E-state index contributed by atoms with van der Waals surface area (Å²) >= 11 is 5.52. The first kappa shape index (κ1) is 14.8. The Morgan fingerprint density at radius 2 is 2.06 bits per heavy atom. The molecule has 0 bridgehead atoms. The standard InChI is InChI=1S/C14H20ClNO2/c1-11-4-5-13(10-12(11)2)18-9-8-16(3)14(17)6-7-15/h4-5,10H,6-9H2,1-3H3. The molecule has 0 N–H and O–H groups in total.